The van der Waals surface area contributed by atoms with Crippen LogP contribution < -0.4 is 4.74 Å². The molecule has 0 amide bonds. The van der Waals surface area contributed by atoms with Gasteiger partial charge in [0.15, 0.2) is 0 Å². The highest BCUT2D eigenvalue weighted by molar-refractivity contribution is 9.10. The number of benzene rings is 2. The first-order valence-corrected chi connectivity index (χ1v) is 7.23. The Hall–Kier alpha value is -1.85. The first-order chi connectivity index (χ1) is 10.2. The zero-order valence-electron chi connectivity index (χ0n) is 11.3. The van der Waals surface area contributed by atoms with Crippen molar-refractivity contribution in [1.29, 1.82) is 0 Å². The minimum atomic E-state index is -0.946. The number of carbonyl (C=O) groups is 1. The van der Waals surface area contributed by atoms with Gasteiger partial charge in [-0.1, -0.05) is 34.1 Å². The van der Waals surface area contributed by atoms with Crippen LogP contribution in [-0.4, -0.2) is 24.3 Å². The zero-order valence-corrected chi connectivity index (χ0v) is 12.9. The van der Waals surface area contributed by atoms with E-state index in [1.165, 1.54) is 12.1 Å². The molecular weight excluding hydrogens is 336 g/mol. The van der Waals surface area contributed by atoms with Crippen LogP contribution in [0.1, 0.15) is 15.9 Å². The quantitative estimate of drug-likeness (QED) is 0.772. The van der Waals surface area contributed by atoms with Crippen molar-refractivity contribution in [2.75, 3.05) is 13.2 Å². The van der Waals surface area contributed by atoms with Crippen LogP contribution in [0.2, 0.25) is 0 Å². The second-order valence-electron chi connectivity index (χ2n) is 4.32. The molecule has 0 unspecified atom stereocenters. The van der Waals surface area contributed by atoms with Crippen LogP contribution in [0, 0.1) is 0 Å². The number of hydrogen-bond donors (Lipinski definition) is 1. The van der Waals surface area contributed by atoms with E-state index in [1.54, 1.807) is 12.1 Å². The van der Waals surface area contributed by atoms with E-state index in [0.29, 0.717) is 25.6 Å². The lowest BCUT2D eigenvalue weighted by molar-refractivity contribution is 0.0696. The molecule has 0 bridgehead atoms. The molecule has 1 N–H and O–H groups in total. The summed E-state index contributed by atoms with van der Waals surface area (Å²) in [6.45, 7) is 1.39. The number of rotatable bonds is 7. The van der Waals surface area contributed by atoms with Gasteiger partial charge in [0.05, 0.1) is 18.8 Å². The average molecular weight is 351 g/mol. The predicted molar refractivity (Wildman–Crippen MR) is 82.7 cm³/mol. The van der Waals surface area contributed by atoms with E-state index in [4.69, 9.17) is 14.6 Å². The van der Waals surface area contributed by atoms with Gasteiger partial charge in [-0.2, -0.15) is 0 Å². The lowest BCUT2D eigenvalue weighted by Gasteiger charge is -2.08. The summed E-state index contributed by atoms with van der Waals surface area (Å²) in [6, 6.07) is 14.2. The van der Waals surface area contributed by atoms with E-state index in [9.17, 15) is 4.79 Å². The highest BCUT2D eigenvalue weighted by Gasteiger charge is 2.02. The van der Waals surface area contributed by atoms with Crippen molar-refractivity contribution in [3.8, 4) is 5.75 Å². The molecule has 0 spiro atoms. The Balaban J connectivity index is 1.70. The smallest absolute Gasteiger partial charge is 0.335 e. The fraction of sp³-hybridized carbons (Fsp3) is 0.188. The summed E-state index contributed by atoms with van der Waals surface area (Å²) in [7, 11) is 0. The van der Waals surface area contributed by atoms with Crippen LogP contribution in [-0.2, 0) is 11.3 Å². The molecule has 0 saturated carbocycles. The van der Waals surface area contributed by atoms with Crippen molar-refractivity contribution in [2.45, 2.75) is 6.61 Å². The Kier molecular flexibility index (Phi) is 5.78. The van der Waals surface area contributed by atoms with Gasteiger partial charge >= 0.3 is 5.97 Å². The first kappa shape index (κ1) is 15.5. The van der Waals surface area contributed by atoms with Gasteiger partial charge in [0, 0.05) is 4.47 Å². The normalized spacial score (nSPS) is 10.3. The molecule has 0 atom stereocenters. The Morgan fingerprint density at radius 1 is 1.05 bits per heavy atom. The molecule has 0 saturated heterocycles. The maximum absolute atomic E-state index is 10.7. The molecule has 0 heterocycles. The molecule has 110 valence electrons. The molecule has 0 aromatic heterocycles. The summed E-state index contributed by atoms with van der Waals surface area (Å²) in [6.07, 6.45) is 0. The predicted octanol–water partition coefficient (Wildman–Crippen LogP) is 3.74. The fourth-order valence-electron chi connectivity index (χ4n) is 1.71. The minimum Gasteiger partial charge on any atom is -0.491 e. The maximum atomic E-state index is 10.7. The molecule has 0 aliphatic heterocycles. The lowest BCUT2D eigenvalue weighted by Crippen LogP contribution is -2.07. The van der Waals surface area contributed by atoms with Gasteiger partial charge in [-0.25, -0.2) is 4.79 Å². The molecule has 2 aromatic rings. The number of halogens is 1. The molecule has 2 rings (SSSR count). The van der Waals surface area contributed by atoms with E-state index in [-0.39, 0.29) is 5.56 Å². The third kappa shape index (κ3) is 4.88. The molecule has 2 aromatic carbocycles. The standard InChI is InChI=1S/C16H15BrO4/c17-15-4-2-1-3-13(15)11-20-9-10-21-14-7-5-12(6-8-14)16(18)19/h1-8H,9-11H2,(H,18,19). The van der Waals surface area contributed by atoms with Gasteiger partial charge in [0.2, 0.25) is 0 Å². The lowest BCUT2D eigenvalue weighted by atomic mass is 10.2. The number of aromatic carboxylic acids is 1. The molecule has 0 aliphatic rings. The van der Waals surface area contributed by atoms with E-state index in [0.717, 1.165) is 10.0 Å². The van der Waals surface area contributed by atoms with Crippen molar-refractivity contribution in [3.05, 3.63) is 64.1 Å². The number of hydrogen-bond acceptors (Lipinski definition) is 3. The SMILES string of the molecule is O=C(O)c1ccc(OCCOCc2ccccc2Br)cc1. The molecule has 0 radical (unpaired) electrons. The van der Waals surface area contributed by atoms with Crippen LogP contribution in [0.3, 0.4) is 0 Å². The van der Waals surface area contributed by atoms with Crippen LogP contribution in [0.5, 0.6) is 5.75 Å². The molecule has 5 heteroatoms. The summed E-state index contributed by atoms with van der Waals surface area (Å²) in [5.74, 6) is -0.317. The summed E-state index contributed by atoms with van der Waals surface area (Å²) in [5.41, 5.74) is 1.33. The van der Waals surface area contributed by atoms with E-state index < -0.39 is 5.97 Å². The van der Waals surface area contributed by atoms with E-state index >= 15 is 0 Å². The third-order valence-electron chi connectivity index (χ3n) is 2.81. The Morgan fingerprint density at radius 2 is 1.76 bits per heavy atom. The van der Waals surface area contributed by atoms with E-state index in [1.807, 2.05) is 24.3 Å². The Bertz CT molecular complexity index is 595. The van der Waals surface area contributed by atoms with Crippen molar-refractivity contribution in [3.63, 3.8) is 0 Å². The van der Waals surface area contributed by atoms with Gasteiger partial charge in [0.25, 0.3) is 0 Å². The molecular formula is C16H15BrO4. The summed E-state index contributed by atoms with van der Waals surface area (Å²) >= 11 is 3.46. The monoisotopic (exact) mass is 350 g/mol. The van der Waals surface area contributed by atoms with Crippen molar-refractivity contribution < 1.29 is 19.4 Å². The maximum Gasteiger partial charge on any atom is 0.335 e. The number of carboxylic acid groups (broad SMARTS) is 1. The van der Waals surface area contributed by atoms with Gasteiger partial charge in [-0.15, -0.1) is 0 Å². The van der Waals surface area contributed by atoms with E-state index in [2.05, 4.69) is 15.9 Å². The minimum absolute atomic E-state index is 0.243. The van der Waals surface area contributed by atoms with Crippen molar-refractivity contribution >= 4 is 21.9 Å². The molecule has 21 heavy (non-hydrogen) atoms. The fourth-order valence-corrected chi connectivity index (χ4v) is 2.11. The molecule has 4 nitrogen and oxygen atoms in total. The Labute approximate surface area is 131 Å². The second kappa shape index (κ2) is 7.81. The summed E-state index contributed by atoms with van der Waals surface area (Å²) in [5, 5.41) is 8.79. The topological polar surface area (TPSA) is 55.8 Å². The number of ether oxygens (including phenoxy) is 2. The highest BCUT2D eigenvalue weighted by Crippen LogP contribution is 2.16. The second-order valence-corrected chi connectivity index (χ2v) is 5.18. The van der Waals surface area contributed by atoms with Gasteiger partial charge in [-0.3, -0.25) is 0 Å². The zero-order chi connectivity index (χ0) is 15.1. The van der Waals surface area contributed by atoms with Crippen LogP contribution in [0.15, 0.2) is 53.0 Å². The average Bonchev–Trinajstić information content (AvgIpc) is 2.49. The van der Waals surface area contributed by atoms with Crippen molar-refractivity contribution in [1.82, 2.24) is 0 Å². The number of carboxylic acids is 1. The first-order valence-electron chi connectivity index (χ1n) is 6.44. The van der Waals surface area contributed by atoms with Gasteiger partial charge < -0.3 is 14.6 Å². The van der Waals surface area contributed by atoms with Gasteiger partial charge in [-0.05, 0) is 35.9 Å². The van der Waals surface area contributed by atoms with Crippen LogP contribution in [0.25, 0.3) is 0 Å². The Morgan fingerprint density at radius 3 is 2.43 bits per heavy atom. The third-order valence-corrected chi connectivity index (χ3v) is 3.59. The highest BCUT2D eigenvalue weighted by atomic mass is 79.9. The summed E-state index contributed by atoms with van der Waals surface area (Å²) in [4.78, 5) is 10.7. The van der Waals surface area contributed by atoms with Gasteiger partial charge in [0.1, 0.15) is 12.4 Å². The largest absolute Gasteiger partial charge is 0.491 e. The summed E-state index contributed by atoms with van der Waals surface area (Å²) < 4.78 is 12.0. The van der Waals surface area contributed by atoms with Crippen LogP contribution in [0.4, 0.5) is 0 Å². The van der Waals surface area contributed by atoms with Crippen molar-refractivity contribution in [2.24, 2.45) is 0 Å². The molecule has 0 fully saturated rings. The van der Waals surface area contributed by atoms with Crippen LogP contribution >= 0.6 is 15.9 Å². The molecule has 0 aliphatic carbocycles.